The number of likely N-dealkylation sites (N-methyl/N-ethyl adjacent to an activating group) is 1. The Balaban J connectivity index is 0.00000180. The Morgan fingerprint density at radius 2 is 2.20 bits per heavy atom. The van der Waals surface area contributed by atoms with Gasteiger partial charge in [-0.05, 0) is 20.5 Å². The van der Waals surface area contributed by atoms with Crippen LogP contribution >= 0.6 is 36.2 Å². The van der Waals surface area contributed by atoms with Crippen LogP contribution in [0.5, 0.6) is 0 Å². The summed E-state index contributed by atoms with van der Waals surface area (Å²) in [6.45, 7) is 5.29. The lowest BCUT2D eigenvalue weighted by Gasteiger charge is -2.37. The van der Waals surface area contributed by atoms with Crippen LogP contribution in [0.4, 0.5) is 0 Å². The summed E-state index contributed by atoms with van der Waals surface area (Å²) in [6, 6.07) is 0.246. The molecule has 1 unspecified atom stereocenters. The maximum absolute atomic E-state index is 12.4. The Bertz CT molecular complexity index is 429. The minimum absolute atomic E-state index is 0. The standard InChI is InChI=1S/C12H20N4OS.2ClH/c1-9-7-15(2)5-6-16(9)12(17)10-8-18-11(14-10)3-4-13;;/h8-9H,3-7,13H2,1-2H3;2*1H. The normalized spacial score (nSPS) is 19.1. The van der Waals surface area contributed by atoms with Crippen LogP contribution in [0.2, 0.25) is 0 Å². The highest BCUT2D eigenvalue weighted by Crippen LogP contribution is 2.16. The number of aromatic nitrogens is 1. The van der Waals surface area contributed by atoms with Crippen molar-refractivity contribution in [2.24, 2.45) is 5.73 Å². The molecule has 1 aliphatic heterocycles. The maximum atomic E-state index is 12.4. The minimum Gasteiger partial charge on any atom is -0.332 e. The second-order valence-electron chi connectivity index (χ2n) is 4.77. The van der Waals surface area contributed by atoms with Gasteiger partial charge in [0, 0.05) is 37.5 Å². The van der Waals surface area contributed by atoms with Gasteiger partial charge in [-0.25, -0.2) is 4.98 Å². The van der Waals surface area contributed by atoms with E-state index < -0.39 is 0 Å². The van der Waals surface area contributed by atoms with Gasteiger partial charge in [0.05, 0.1) is 5.01 Å². The van der Waals surface area contributed by atoms with Crippen molar-refractivity contribution in [2.45, 2.75) is 19.4 Å². The maximum Gasteiger partial charge on any atom is 0.273 e. The van der Waals surface area contributed by atoms with E-state index in [9.17, 15) is 4.79 Å². The van der Waals surface area contributed by atoms with Gasteiger partial charge in [0.2, 0.25) is 0 Å². The number of hydrogen-bond acceptors (Lipinski definition) is 5. The molecule has 0 bridgehead atoms. The van der Waals surface area contributed by atoms with Crippen molar-refractivity contribution in [3.05, 3.63) is 16.1 Å². The quantitative estimate of drug-likeness (QED) is 0.899. The molecule has 0 aliphatic carbocycles. The Morgan fingerprint density at radius 3 is 2.80 bits per heavy atom. The van der Waals surface area contributed by atoms with Crippen LogP contribution in [-0.4, -0.2) is 60.0 Å². The van der Waals surface area contributed by atoms with Gasteiger partial charge in [0.15, 0.2) is 0 Å². The largest absolute Gasteiger partial charge is 0.332 e. The number of thiazole rings is 1. The highest BCUT2D eigenvalue weighted by atomic mass is 35.5. The van der Waals surface area contributed by atoms with Gasteiger partial charge in [0.1, 0.15) is 5.69 Å². The number of hydrogen-bond donors (Lipinski definition) is 1. The summed E-state index contributed by atoms with van der Waals surface area (Å²) in [7, 11) is 2.08. The van der Waals surface area contributed by atoms with Crippen LogP contribution < -0.4 is 5.73 Å². The van der Waals surface area contributed by atoms with Crippen molar-refractivity contribution in [3.8, 4) is 0 Å². The lowest BCUT2D eigenvalue weighted by atomic mass is 10.2. The molecule has 1 fully saturated rings. The summed E-state index contributed by atoms with van der Waals surface area (Å²) < 4.78 is 0. The predicted octanol–water partition coefficient (Wildman–Crippen LogP) is 1.26. The third kappa shape index (κ3) is 4.56. The lowest BCUT2D eigenvalue weighted by molar-refractivity contribution is 0.0528. The van der Waals surface area contributed by atoms with E-state index in [0.717, 1.165) is 31.1 Å². The number of nitrogens with zero attached hydrogens (tertiary/aromatic N) is 3. The number of halogens is 2. The smallest absolute Gasteiger partial charge is 0.273 e. The van der Waals surface area contributed by atoms with Gasteiger partial charge in [-0.3, -0.25) is 4.79 Å². The van der Waals surface area contributed by atoms with Crippen molar-refractivity contribution >= 4 is 42.1 Å². The van der Waals surface area contributed by atoms with Gasteiger partial charge in [-0.1, -0.05) is 0 Å². The number of carbonyl (C=O) groups is 1. The van der Waals surface area contributed by atoms with Crippen molar-refractivity contribution in [3.63, 3.8) is 0 Å². The predicted molar refractivity (Wildman–Crippen MR) is 87.4 cm³/mol. The molecule has 116 valence electrons. The molecule has 1 aliphatic rings. The van der Waals surface area contributed by atoms with Gasteiger partial charge in [-0.2, -0.15) is 0 Å². The van der Waals surface area contributed by atoms with Gasteiger partial charge >= 0.3 is 0 Å². The SMILES string of the molecule is CC1CN(C)CCN1C(=O)c1csc(CCN)n1.Cl.Cl. The zero-order chi connectivity index (χ0) is 13.1. The van der Waals surface area contributed by atoms with E-state index in [-0.39, 0.29) is 36.8 Å². The Labute approximate surface area is 136 Å². The fraction of sp³-hybridized carbons (Fsp3) is 0.667. The Morgan fingerprint density at radius 1 is 1.50 bits per heavy atom. The molecule has 1 amide bonds. The first kappa shape index (κ1) is 19.6. The molecular weight excluding hydrogens is 319 g/mol. The Hall–Kier alpha value is -0.400. The van der Waals surface area contributed by atoms with E-state index in [0.29, 0.717) is 12.2 Å². The van der Waals surface area contributed by atoms with Crippen LogP contribution in [0.15, 0.2) is 5.38 Å². The van der Waals surface area contributed by atoms with E-state index in [1.54, 1.807) is 0 Å². The molecular formula is C12H22Cl2N4OS. The third-order valence-corrected chi connectivity index (χ3v) is 4.13. The summed E-state index contributed by atoms with van der Waals surface area (Å²) >= 11 is 1.52. The van der Waals surface area contributed by atoms with Crippen LogP contribution in [0, 0.1) is 0 Å². The highest BCUT2D eigenvalue weighted by molar-refractivity contribution is 7.09. The fourth-order valence-corrected chi connectivity index (χ4v) is 3.02. The summed E-state index contributed by atoms with van der Waals surface area (Å²) in [5.41, 5.74) is 6.06. The Kier molecular flexibility index (Phi) is 8.62. The van der Waals surface area contributed by atoms with Crippen LogP contribution in [0.3, 0.4) is 0 Å². The highest BCUT2D eigenvalue weighted by Gasteiger charge is 2.27. The molecule has 2 N–H and O–H groups in total. The molecule has 8 heteroatoms. The zero-order valence-corrected chi connectivity index (χ0v) is 14.2. The average Bonchev–Trinajstić information content (AvgIpc) is 2.77. The number of nitrogens with two attached hydrogens (primary N) is 1. The molecule has 0 spiro atoms. The van der Waals surface area contributed by atoms with Gasteiger partial charge in [-0.15, -0.1) is 36.2 Å². The lowest BCUT2D eigenvalue weighted by Crippen LogP contribution is -2.52. The summed E-state index contributed by atoms with van der Waals surface area (Å²) in [5.74, 6) is 0.0510. The molecule has 1 aromatic rings. The van der Waals surface area contributed by atoms with Crippen LogP contribution in [-0.2, 0) is 6.42 Å². The first-order valence-electron chi connectivity index (χ1n) is 6.25. The van der Waals surface area contributed by atoms with Gasteiger partial charge < -0.3 is 15.5 Å². The molecule has 1 saturated heterocycles. The fourth-order valence-electron chi connectivity index (χ4n) is 2.24. The number of amides is 1. The van der Waals surface area contributed by atoms with Crippen molar-refractivity contribution < 1.29 is 4.79 Å². The molecule has 1 aromatic heterocycles. The van der Waals surface area contributed by atoms with E-state index in [1.807, 2.05) is 10.3 Å². The molecule has 5 nitrogen and oxygen atoms in total. The number of carbonyl (C=O) groups excluding carboxylic acids is 1. The summed E-state index contributed by atoms with van der Waals surface area (Å²) in [4.78, 5) is 20.9. The molecule has 2 rings (SSSR count). The van der Waals surface area contributed by atoms with E-state index in [2.05, 4.69) is 23.9 Å². The topological polar surface area (TPSA) is 62.5 Å². The van der Waals surface area contributed by atoms with E-state index >= 15 is 0 Å². The molecule has 0 radical (unpaired) electrons. The van der Waals surface area contributed by atoms with Crippen LogP contribution in [0.25, 0.3) is 0 Å². The molecule has 20 heavy (non-hydrogen) atoms. The first-order valence-corrected chi connectivity index (χ1v) is 7.13. The van der Waals surface area contributed by atoms with Gasteiger partial charge in [0.25, 0.3) is 5.91 Å². The zero-order valence-electron chi connectivity index (χ0n) is 11.7. The first-order chi connectivity index (χ1) is 8.61. The molecule has 1 atom stereocenters. The van der Waals surface area contributed by atoms with Crippen molar-refractivity contribution in [1.82, 2.24) is 14.8 Å². The summed E-state index contributed by atoms with van der Waals surface area (Å²) in [6.07, 6.45) is 0.746. The molecule has 2 heterocycles. The monoisotopic (exact) mass is 340 g/mol. The van der Waals surface area contributed by atoms with E-state index in [1.165, 1.54) is 11.3 Å². The number of piperazine rings is 1. The number of rotatable bonds is 3. The third-order valence-electron chi connectivity index (χ3n) is 3.22. The van der Waals surface area contributed by atoms with Crippen molar-refractivity contribution in [1.29, 1.82) is 0 Å². The summed E-state index contributed by atoms with van der Waals surface area (Å²) in [5, 5.41) is 2.79. The van der Waals surface area contributed by atoms with E-state index in [4.69, 9.17) is 5.73 Å². The molecule has 0 aromatic carbocycles. The van der Waals surface area contributed by atoms with Crippen LogP contribution in [0.1, 0.15) is 22.4 Å². The minimum atomic E-state index is 0. The second kappa shape index (κ2) is 8.79. The second-order valence-corrected chi connectivity index (χ2v) is 5.72. The average molecular weight is 341 g/mol. The molecule has 0 saturated carbocycles. The van der Waals surface area contributed by atoms with Crippen molar-refractivity contribution in [2.75, 3.05) is 33.2 Å².